The van der Waals surface area contributed by atoms with Crippen molar-refractivity contribution in [2.24, 2.45) is 17.1 Å². The minimum absolute atomic E-state index is 0.590. The van der Waals surface area contributed by atoms with Gasteiger partial charge in [-0.05, 0) is 37.0 Å². The van der Waals surface area contributed by atoms with E-state index < -0.39 is 12.0 Å². The molecule has 62 valence electrons. The van der Waals surface area contributed by atoms with Gasteiger partial charge in [0.25, 0.3) is 0 Å². The first-order valence-corrected chi connectivity index (χ1v) is 4.12. The maximum Gasteiger partial charge on any atom is 0.320 e. The van der Waals surface area contributed by atoms with E-state index >= 15 is 0 Å². The summed E-state index contributed by atoms with van der Waals surface area (Å²) in [6, 6.07) is -0.625. The van der Waals surface area contributed by atoms with Crippen LogP contribution in [-0.2, 0) is 4.79 Å². The van der Waals surface area contributed by atoms with Gasteiger partial charge in [0, 0.05) is 0 Å². The zero-order valence-electron chi connectivity index (χ0n) is 6.42. The first-order valence-electron chi connectivity index (χ1n) is 4.12. The number of carboxylic acid groups (broad SMARTS) is 1. The van der Waals surface area contributed by atoms with Crippen LogP contribution in [0.15, 0.2) is 0 Å². The number of rotatable bonds is 3. The third-order valence-corrected chi connectivity index (χ3v) is 3.11. The highest BCUT2D eigenvalue weighted by atomic mass is 16.4. The van der Waals surface area contributed by atoms with Gasteiger partial charge in [-0.25, -0.2) is 0 Å². The van der Waals surface area contributed by atoms with Crippen molar-refractivity contribution in [3.63, 3.8) is 0 Å². The zero-order chi connectivity index (χ0) is 8.06. The summed E-state index contributed by atoms with van der Waals surface area (Å²) in [7, 11) is 0. The molecule has 2 aliphatic rings. The van der Waals surface area contributed by atoms with E-state index in [0.717, 1.165) is 0 Å². The lowest BCUT2D eigenvalue weighted by Crippen LogP contribution is -2.30. The van der Waals surface area contributed by atoms with E-state index in [4.69, 9.17) is 10.8 Å². The van der Waals surface area contributed by atoms with E-state index in [2.05, 4.69) is 0 Å². The average molecular weight is 155 g/mol. The van der Waals surface area contributed by atoms with Gasteiger partial charge in [-0.2, -0.15) is 0 Å². The van der Waals surface area contributed by atoms with E-state index in [9.17, 15) is 4.79 Å². The summed E-state index contributed by atoms with van der Waals surface area (Å²) in [5.41, 5.74) is 6.00. The molecule has 2 atom stereocenters. The highest BCUT2D eigenvalue weighted by Crippen LogP contribution is 2.71. The van der Waals surface area contributed by atoms with Gasteiger partial charge in [0.2, 0.25) is 0 Å². The monoisotopic (exact) mass is 155 g/mol. The Morgan fingerprint density at radius 1 is 1.73 bits per heavy atom. The van der Waals surface area contributed by atoms with Gasteiger partial charge in [-0.15, -0.1) is 0 Å². The van der Waals surface area contributed by atoms with Crippen LogP contribution in [0.2, 0.25) is 0 Å². The van der Waals surface area contributed by atoms with E-state index in [1.54, 1.807) is 0 Å². The van der Waals surface area contributed by atoms with Crippen molar-refractivity contribution < 1.29 is 9.90 Å². The van der Waals surface area contributed by atoms with E-state index in [1.807, 2.05) is 0 Å². The van der Waals surface area contributed by atoms with Crippen LogP contribution in [-0.4, -0.2) is 17.1 Å². The molecule has 1 spiro atoms. The van der Waals surface area contributed by atoms with Gasteiger partial charge in [-0.1, -0.05) is 0 Å². The van der Waals surface area contributed by atoms with Crippen molar-refractivity contribution in [3.8, 4) is 0 Å². The fourth-order valence-corrected chi connectivity index (χ4v) is 1.95. The smallest absolute Gasteiger partial charge is 0.320 e. The predicted octanol–water partition coefficient (Wildman–Crippen LogP) is 0.588. The Hall–Kier alpha value is -0.570. The lowest BCUT2D eigenvalue weighted by Gasteiger charge is -2.03. The van der Waals surface area contributed by atoms with Crippen molar-refractivity contribution in [1.82, 2.24) is 0 Å². The van der Waals surface area contributed by atoms with Gasteiger partial charge in [0.05, 0.1) is 0 Å². The summed E-state index contributed by atoms with van der Waals surface area (Å²) in [5, 5.41) is 8.52. The molecule has 0 aliphatic heterocycles. The summed E-state index contributed by atoms with van der Waals surface area (Å²) in [6.07, 6.45) is 4.54. The predicted molar refractivity (Wildman–Crippen MR) is 40.0 cm³/mol. The van der Waals surface area contributed by atoms with Crippen LogP contribution < -0.4 is 5.73 Å². The van der Waals surface area contributed by atoms with Crippen LogP contribution in [0, 0.1) is 11.3 Å². The average Bonchev–Trinajstić information content (AvgIpc) is 2.78. The molecule has 2 fully saturated rings. The van der Waals surface area contributed by atoms with Crippen molar-refractivity contribution in [2.45, 2.75) is 31.7 Å². The Bertz CT molecular complexity index is 198. The quantitative estimate of drug-likeness (QED) is 0.627. The third-order valence-electron chi connectivity index (χ3n) is 3.11. The molecule has 3 nitrogen and oxygen atoms in total. The Morgan fingerprint density at radius 2 is 2.36 bits per heavy atom. The Labute approximate surface area is 65.6 Å². The fourth-order valence-electron chi connectivity index (χ4n) is 1.95. The SMILES string of the molecule is N[C@H](CC1CC12CC2)C(=O)O. The van der Waals surface area contributed by atoms with Crippen LogP contribution in [0.1, 0.15) is 25.7 Å². The number of aliphatic carboxylic acids is 1. The number of carboxylic acids is 1. The van der Waals surface area contributed by atoms with Crippen molar-refractivity contribution in [3.05, 3.63) is 0 Å². The molecule has 11 heavy (non-hydrogen) atoms. The van der Waals surface area contributed by atoms with Gasteiger partial charge in [-0.3, -0.25) is 4.79 Å². The minimum atomic E-state index is -0.854. The van der Waals surface area contributed by atoms with Crippen LogP contribution >= 0.6 is 0 Å². The highest BCUT2D eigenvalue weighted by Gasteiger charge is 2.62. The topological polar surface area (TPSA) is 63.3 Å². The van der Waals surface area contributed by atoms with E-state index in [-0.39, 0.29) is 0 Å². The third kappa shape index (κ3) is 1.13. The summed E-state index contributed by atoms with van der Waals surface area (Å²) in [4.78, 5) is 10.4. The number of hydrogen-bond donors (Lipinski definition) is 2. The van der Waals surface area contributed by atoms with Crippen molar-refractivity contribution in [2.75, 3.05) is 0 Å². The van der Waals surface area contributed by atoms with Gasteiger partial charge < -0.3 is 10.8 Å². The molecule has 0 aromatic rings. The second kappa shape index (κ2) is 1.97. The Kier molecular flexibility index (Phi) is 1.27. The molecule has 0 radical (unpaired) electrons. The summed E-state index contributed by atoms with van der Waals surface area (Å²) >= 11 is 0. The first-order chi connectivity index (χ1) is 5.14. The summed E-state index contributed by atoms with van der Waals surface area (Å²) in [6.45, 7) is 0. The van der Waals surface area contributed by atoms with Gasteiger partial charge in [0.15, 0.2) is 0 Å². The molecule has 0 amide bonds. The van der Waals surface area contributed by atoms with Crippen molar-refractivity contribution in [1.29, 1.82) is 0 Å². The maximum absolute atomic E-state index is 10.4. The lowest BCUT2D eigenvalue weighted by atomic mass is 10.1. The van der Waals surface area contributed by atoms with E-state index in [1.165, 1.54) is 19.3 Å². The van der Waals surface area contributed by atoms with Crippen LogP contribution in [0.25, 0.3) is 0 Å². The van der Waals surface area contributed by atoms with Crippen LogP contribution in [0.5, 0.6) is 0 Å². The lowest BCUT2D eigenvalue weighted by molar-refractivity contribution is -0.138. The molecule has 3 heteroatoms. The van der Waals surface area contributed by atoms with Gasteiger partial charge >= 0.3 is 5.97 Å². The standard InChI is InChI=1S/C8H13NO2/c9-6(7(10)11)3-5-4-8(5)1-2-8/h5-6H,1-4,9H2,(H,10,11)/t5?,6-/m1/s1. The van der Waals surface area contributed by atoms with Crippen LogP contribution in [0.3, 0.4) is 0 Å². The van der Waals surface area contributed by atoms with E-state index in [0.29, 0.717) is 17.8 Å². The molecular weight excluding hydrogens is 142 g/mol. The Balaban J connectivity index is 1.78. The zero-order valence-corrected chi connectivity index (χ0v) is 6.42. The summed E-state index contributed by atoms with van der Waals surface area (Å²) < 4.78 is 0. The van der Waals surface area contributed by atoms with Crippen LogP contribution in [0.4, 0.5) is 0 Å². The molecule has 1 unspecified atom stereocenters. The molecule has 0 aromatic heterocycles. The largest absolute Gasteiger partial charge is 0.480 e. The molecule has 2 rings (SSSR count). The number of nitrogens with two attached hydrogens (primary N) is 1. The first kappa shape index (κ1) is 7.10. The molecule has 2 saturated carbocycles. The second-order valence-electron chi connectivity index (χ2n) is 3.94. The van der Waals surface area contributed by atoms with Gasteiger partial charge in [0.1, 0.15) is 6.04 Å². The minimum Gasteiger partial charge on any atom is -0.480 e. The molecule has 0 bridgehead atoms. The normalized spacial score (nSPS) is 33.4. The fraction of sp³-hybridized carbons (Fsp3) is 0.875. The maximum atomic E-state index is 10.4. The Morgan fingerprint density at radius 3 is 2.73 bits per heavy atom. The highest BCUT2D eigenvalue weighted by molar-refractivity contribution is 5.73. The van der Waals surface area contributed by atoms with Crippen molar-refractivity contribution >= 4 is 5.97 Å². The number of carbonyl (C=O) groups is 1. The molecule has 0 aromatic carbocycles. The number of hydrogen-bond acceptors (Lipinski definition) is 2. The molecular formula is C8H13NO2. The molecule has 0 heterocycles. The molecule has 3 N–H and O–H groups in total. The summed E-state index contributed by atoms with van der Waals surface area (Å²) in [5.74, 6) is -0.221. The second-order valence-corrected chi connectivity index (χ2v) is 3.94. The molecule has 0 saturated heterocycles. The molecule has 2 aliphatic carbocycles.